The predicted octanol–water partition coefficient (Wildman–Crippen LogP) is 1.61. The van der Waals surface area contributed by atoms with Crippen molar-refractivity contribution in [2.45, 2.75) is 32.2 Å². The van der Waals surface area contributed by atoms with E-state index >= 15 is 0 Å². The average Bonchev–Trinajstić information content (AvgIpc) is 2.37. The van der Waals surface area contributed by atoms with Gasteiger partial charge in [-0.05, 0) is 18.6 Å². The maximum absolute atomic E-state index is 11.8. The highest BCUT2D eigenvalue weighted by Crippen LogP contribution is 2.23. The van der Waals surface area contributed by atoms with E-state index in [0.717, 1.165) is 12.8 Å². The van der Waals surface area contributed by atoms with Crippen molar-refractivity contribution >= 4 is 17.6 Å². The lowest BCUT2D eigenvalue weighted by Gasteiger charge is -2.13. The van der Waals surface area contributed by atoms with Gasteiger partial charge in [-0.2, -0.15) is 0 Å². The van der Waals surface area contributed by atoms with Crippen LogP contribution in [0.4, 0.5) is 5.69 Å². The van der Waals surface area contributed by atoms with E-state index in [0.29, 0.717) is 11.4 Å². The number of carbonyl (C=O) groups excluding carboxylic acids is 1. The number of anilines is 1. The monoisotopic (exact) mass is 280 g/mol. The van der Waals surface area contributed by atoms with Crippen LogP contribution in [0.2, 0.25) is 0 Å². The molecule has 0 saturated carbocycles. The Kier molecular flexibility index (Phi) is 6.52. The Morgan fingerprint density at radius 3 is 2.75 bits per heavy atom. The van der Waals surface area contributed by atoms with Gasteiger partial charge < -0.3 is 20.9 Å². The number of hydrogen-bond acceptors (Lipinski definition) is 4. The minimum absolute atomic E-state index is 0.174. The molecule has 1 aromatic carbocycles. The molecule has 6 nitrogen and oxygen atoms in total. The van der Waals surface area contributed by atoms with E-state index in [4.69, 9.17) is 15.6 Å². The van der Waals surface area contributed by atoms with E-state index in [1.54, 1.807) is 24.3 Å². The van der Waals surface area contributed by atoms with Crippen molar-refractivity contribution in [1.82, 2.24) is 0 Å². The summed E-state index contributed by atoms with van der Waals surface area (Å²) >= 11 is 0. The van der Waals surface area contributed by atoms with Gasteiger partial charge in [0.05, 0.1) is 5.69 Å². The number of benzene rings is 1. The summed E-state index contributed by atoms with van der Waals surface area (Å²) in [5.74, 6) is -0.958. The maximum atomic E-state index is 11.8. The predicted molar refractivity (Wildman–Crippen MR) is 75.7 cm³/mol. The van der Waals surface area contributed by atoms with Gasteiger partial charge >= 0.3 is 5.97 Å². The fourth-order valence-corrected chi connectivity index (χ4v) is 1.75. The Hall–Kier alpha value is -2.08. The molecule has 0 aliphatic rings. The number of nitrogens with one attached hydrogen (secondary N) is 1. The van der Waals surface area contributed by atoms with E-state index in [2.05, 4.69) is 5.32 Å². The second kappa shape index (κ2) is 8.16. The number of ether oxygens (including phenoxy) is 1. The van der Waals surface area contributed by atoms with Crippen LogP contribution in [-0.2, 0) is 9.59 Å². The summed E-state index contributed by atoms with van der Waals surface area (Å²) in [6.07, 6.45) is 1.93. The van der Waals surface area contributed by atoms with Crippen LogP contribution in [0, 0.1) is 0 Å². The van der Waals surface area contributed by atoms with Crippen molar-refractivity contribution < 1.29 is 19.4 Å². The zero-order valence-corrected chi connectivity index (χ0v) is 11.5. The van der Waals surface area contributed by atoms with Gasteiger partial charge in [-0.15, -0.1) is 0 Å². The van der Waals surface area contributed by atoms with Crippen LogP contribution in [0.5, 0.6) is 5.75 Å². The van der Waals surface area contributed by atoms with Gasteiger partial charge in [0.25, 0.3) is 0 Å². The molecule has 6 heteroatoms. The number of para-hydroxylation sites is 2. The molecular formula is C14H20N2O4. The molecule has 1 aromatic rings. The molecule has 4 N–H and O–H groups in total. The Morgan fingerprint density at radius 2 is 2.10 bits per heavy atom. The molecule has 20 heavy (non-hydrogen) atoms. The van der Waals surface area contributed by atoms with Gasteiger partial charge in [-0.3, -0.25) is 4.79 Å². The fraction of sp³-hybridized carbons (Fsp3) is 0.429. The molecule has 110 valence electrons. The van der Waals surface area contributed by atoms with E-state index in [-0.39, 0.29) is 18.4 Å². The number of rotatable bonds is 8. The number of aliphatic carboxylic acids is 1. The third kappa shape index (κ3) is 5.71. The quantitative estimate of drug-likeness (QED) is 0.671. The number of carboxylic acid groups (broad SMARTS) is 1. The van der Waals surface area contributed by atoms with Crippen molar-refractivity contribution in [3.05, 3.63) is 24.3 Å². The highest BCUT2D eigenvalue weighted by Gasteiger charge is 2.12. The number of carbonyl (C=O) groups is 2. The first kappa shape index (κ1) is 16.0. The molecule has 1 atom stereocenters. The Morgan fingerprint density at radius 1 is 1.40 bits per heavy atom. The van der Waals surface area contributed by atoms with E-state index in [1.165, 1.54) is 0 Å². The van der Waals surface area contributed by atoms with Gasteiger partial charge in [-0.25, -0.2) is 4.79 Å². The first-order chi connectivity index (χ1) is 9.52. The number of hydrogen-bond donors (Lipinski definition) is 3. The molecule has 0 saturated heterocycles. The first-order valence-corrected chi connectivity index (χ1v) is 6.52. The molecule has 1 amide bonds. The smallest absolute Gasteiger partial charge is 0.341 e. The maximum Gasteiger partial charge on any atom is 0.341 e. The van der Waals surface area contributed by atoms with Gasteiger partial charge in [0.1, 0.15) is 5.75 Å². The molecule has 1 rings (SSSR count). The van der Waals surface area contributed by atoms with Crippen LogP contribution in [0.25, 0.3) is 0 Å². The van der Waals surface area contributed by atoms with Crippen LogP contribution in [0.1, 0.15) is 26.2 Å². The van der Waals surface area contributed by atoms with E-state index in [9.17, 15) is 9.59 Å². The van der Waals surface area contributed by atoms with Crippen LogP contribution in [0.15, 0.2) is 24.3 Å². The van der Waals surface area contributed by atoms with Crippen molar-refractivity contribution in [2.75, 3.05) is 11.9 Å². The SMILES string of the molecule is CCCC(N)CC(=O)Nc1ccccc1OCC(=O)O. The highest BCUT2D eigenvalue weighted by atomic mass is 16.5. The molecule has 1 unspecified atom stereocenters. The minimum atomic E-state index is -1.07. The topological polar surface area (TPSA) is 102 Å². The molecule has 0 radical (unpaired) electrons. The second-order valence-electron chi connectivity index (χ2n) is 4.48. The zero-order valence-electron chi connectivity index (χ0n) is 11.5. The van der Waals surface area contributed by atoms with Gasteiger partial charge in [0.15, 0.2) is 6.61 Å². The van der Waals surface area contributed by atoms with Crippen LogP contribution < -0.4 is 15.8 Å². The Bertz CT molecular complexity index is 462. The molecule has 0 spiro atoms. The van der Waals surface area contributed by atoms with Gasteiger partial charge in [0.2, 0.25) is 5.91 Å². The van der Waals surface area contributed by atoms with Gasteiger partial charge in [0, 0.05) is 12.5 Å². The van der Waals surface area contributed by atoms with Crippen LogP contribution >= 0.6 is 0 Å². The number of amides is 1. The normalized spacial score (nSPS) is 11.7. The molecule has 0 aliphatic carbocycles. The summed E-state index contributed by atoms with van der Waals surface area (Å²) in [6.45, 7) is 1.55. The number of nitrogens with two attached hydrogens (primary N) is 1. The summed E-state index contributed by atoms with van der Waals surface area (Å²) in [6, 6.07) is 6.52. The highest BCUT2D eigenvalue weighted by molar-refractivity contribution is 5.92. The first-order valence-electron chi connectivity index (χ1n) is 6.52. The van der Waals surface area contributed by atoms with E-state index < -0.39 is 12.6 Å². The van der Waals surface area contributed by atoms with Crippen molar-refractivity contribution in [1.29, 1.82) is 0 Å². The Labute approximate surface area is 117 Å². The molecule has 0 fully saturated rings. The standard InChI is InChI=1S/C14H20N2O4/c1-2-5-10(15)8-13(17)16-11-6-3-4-7-12(11)20-9-14(18)19/h3-4,6-7,10H,2,5,8-9,15H2,1H3,(H,16,17)(H,18,19). The molecular weight excluding hydrogens is 260 g/mol. The van der Waals surface area contributed by atoms with E-state index in [1.807, 2.05) is 6.92 Å². The molecule has 0 bridgehead atoms. The van der Waals surface area contributed by atoms with Crippen LogP contribution in [-0.4, -0.2) is 29.6 Å². The van der Waals surface area contributed by atoms with Crippen LogP contribution in [0.3, 0.4) is 0 Å². The fourth-order valence-electron chi connectivity index (χ4n) is 1.75. The molecule has 0 heterocycles. The number of carboxylic acids is 1. The largest absolute Gasteiger partial charge is 0.480 e. The van der Waals surface area contributed by atoms with Crippen molar-refractivity contribution in [2.24, 2.45) is 5.73 Å². The second-order valence-corrected chi connectivity index (χ2v) is 4.48. The Balaban J connectivity index is 2.62. The lowest BCUT2D eigenvalue weighted by atomic mass is 10.1. The summed E-state index contributed by atoms with van der Waals surface area (Å²) in [5, 5.41) is 11.3. The van der Waals surface area contributed by atoms with Crippen molar-refractivity contribution in [3.8, 4) is 5.75 Å². The average molecular weight is 280 g/mol. The van der Waals surface area contributed by atoms with Gasteiger partial charge in [-0.1, -0.05) is 25.5 Å². The summed E-state index contributed by atoms with van der Waals surface area (Å²) < 4.78 is 5.11. The molecule has 0 aromatic heterocycles. The third-order valence-corrected chi connectivity index (χ3v) is 2.62. The summed E-state index contributed by atoms with van der Waals surface area (Å²) in [5.41, 5.74) is 6.25. The molecule has 0 aliphatic heterocycles. The zero-order chi connectivity index (χ0) is 15.0. The minimum Gasteiger partial charge on any atom is -0.480 e. The lowest BCUT2D eigenvalue weighted by Crippen LogP contribution is -2.27. The summed E-state index contributed by atoms with van der Waals surface area (Å²) in [4.78, 5) is 22.3. The third-order valence-electron chi connectivity index (χ3n) is 2.62. The summed E-state index contributed by atoms with van der Waals surface area (Å²) in [7, 11) is 0. The lowest BCUT2D eigenvalue weighted by molar-refractivity contribution is -0.139. The van der Waals surface area contributed by atoms with Crippen molar-refractivity contribution in [3.63, 3.8) is 0 Å².